The molecule has 2 aromatic carbocycles. The lowest BCUT2D eigenvalue weighted by atomic mass is 10.2. The number of benzene rings is 2. The number of anilines is 2. The average molecular weight is 421 g/mol. The zero-order chi connectivity index (χ0) is 21.7. The van der Waals surface area contributed by atoms with Crippen LogP contribution in [0.3, 0.4) is 0 Å². The number of methoxy groups -OCH3 is 1. The summed E-state index contributed by atoms with van der Waals surface area (Å²) in [7, 11) is 3.17. The molecule has 3 heterocycles. The van der Waals surface area contributed by atoms with Crippen molar-refractivity contribution in [3.8, 4) is 5.75 Å². The lowest BCUT2D eigenvalue weighted by molar-refractivity contribution is 0.415. The highest BCUT2D eigenvalue weighted by atomic mass is 19.1. The molecule has 1 aliphatic rings. The fourth-order valence-electron chi connectivity index (χ4n) is 4.04. The van der Waals surface area contributed by atoms with Gasteiger partial charge >= 0.3 is 5.69 Å². The molecule has 158 valence electrons. The molecule has 9 heteroatoms. The summed E-state index contributed by atoms with van der Waals surface area (Å²) in [6.45, 7) is 1.02. The number of hydrogen-bond acceptors (Lipinski definition) is 5. The number of ether oxygens (including phenoxy) is 1. The molecule has 0 N–H and O–H groups in total. The number of fused-ring (bicyclic) bond motifs is 3. The van der Waals surface area contributed by atoms with Crippen LogP contribution in [-0.2, 0) is 20.1 Å². The highest BCUT2D eigenvalue weighted by Gasteiger charge is 2.29. The van der Waals surface area contributed by atoms with Gasteiger partial charge in [0.25, 0.3) is 5.56 Å². The Labute approximate surface area is 176 Å². The summed E-state index contributed by atoms with van der Waals surface area (Å²) in [5, 5.41) is 0. The lowest BCUT2D eigenvalue weighted by Crippen LogP contribution is -2.40. The van der Waals surface area contributed by atoms with Crippen LogP contribution in [0.25, 0.3) is 11.2 Å². The molecule has 0 radical (unpaired) electrons. The Bertz CT molecular complexity index is 1440. The largest absolute Gasteiger partial charge is 0.497 e. The molecule has 8 nitrogen and oxygen atoms in total. The summed E-state index contributed by atoms with van der Waals surface area (Å²) < 4.78 is 23.7. The molecule has 0 saturated carbocycles. The zero-order valence-electron chi connectivity index (χ0n) is 17.1. The quantitative estimate of drug-likeness (QED) is 0.505. The lowest BCUT2D eigenvalue weighted by Gasteiger charge is -2.16. The fraction of sp³-hybridized carbons (Fsp3) is 0.227. The molecular weight excluding hydrogens is 401 g/mol. The fourth-order valence-corrected chi connectivity index (χ4v) is 4.04. The minimum atomic E-state index is -0.537. The second-order valence-corrected chi connectivity index (χ2v) is 7.41. The van der Waals surface area contributed by atoms with Crippen LogP contribution >= 0.6 is 0 Å². The maximum Gasteiger partial charge on any atom is 0.332 e. The van der Waals surface area contributed by atoms with Gasteiger partial charge in [-0.05, 0) is 18.2 Å². The number of hydrogen-bond donors (Lipinski definition) is 0. The molecule has 0 bridgehead atoms. The van der Waals surface area contributed by atoms with Crippen molar-refractivity contribution in [3.05, 3.63) is 80.7 Å². The van der Waals surface area contributed by atoms with Crippen molar-refractivity contribution in [2.45, 2.75) is 13.1 Å². The van der Waals surface area contributed by atoms with Crippen molar-refractivity contribution in [2.75, 3.05) is 18.6 Å². The first-order valence-corrected chi connectivity index (χ1v) is 9.84. The highest BCUT2D eigenvalue weighted by molar-refractivity contribution is 5.78. The van der Waals surface area contributed by atoms with E-state index in [1.165, 1.54) is 10.6 Å². The van der Waals surface area contributed by atoms with Crippen molar-refractivity contribution in [1.82, 2.24) is 18.7 Å². The van der Waals surface area contributed by atoms with Gasteiger partial charge in [-0.3, -0.25) is 13.9 Å². The number of nitrogens with zero attached hydrogens (tertiary/aromatic N) is 5. The second kappa shape index (κ2) is 7.12. The third-order valence-corrected chi connectivity index (χ3v) is 5.65. The topological polar surface area (TPSA) is 74.3 Å². The van der Waals surface area contributed by atoms with Gasteiger partial charge in [-0.25, -0.2) is 9.18 Å². The van der Waals surface area contributed by atoms with E-state index in [2.05, 4.69) is 4.98 Å². The minimum Gasteiger partial charge on any atom is -0.497 e. The van der Waals surface area contributed by atoms with Gasteiger partial charge in [0.15, 0.2) is 11.2 Å². The predicted octanol–water partition coefficient (Wildman–Crippen LogP) is 2.24. The Hall–Kier alpha value is -3.88. The summed E-state index contributed by atoms with van der Waals surface area (Å²) in [6.07, 6.45) is 0. The second-order valence-electron chi connectivity index (χ2n) is 7.41. The van der Waals surface area contributed by atoms with E-state index in [1.54, 1.807) is 32.4 Å². The van der Waals surface area contributed by atoms with Crippen molar-refractivity contribution < 1.29 is 9.13 Å². The molecule has 2 aromatic heterocycles. The van der Waals surface area contributed by atoms with Gasteiger partial charge in [0.2, 0.25) is 5.95 Å². The number of halogens is 1. The SMILES string of the molecule is COc1cccc(N2CCn3c2nc2c3c(=O)n(Cc3ccccc3F)c(=O)n2C)c1. The Kier molecular flexibility index (Phi) is 4.39. The summed E-state index contributed by atoms with van der Waals surface area (Å²) in [6, 6.07) is 13.7. The van der Waals surface area contributed by atoms with Gasteiger partial charge in [-0.1, -0.05) is 24.3 Å². The molecule has 31 heavy (non-hydrogen) atoms. The van der Waals surface area contributed by atoms with E-state index in [-0.39, 0.29) is 12.1 Å². The van der Waals surface area contributed by atoms with Gasteiger partial charge in [-0.15, -0.1) is 0 Å². The monoisotopic (exact) mass is 421 g/mol. The van der Waals surface area contributed by atoms with Crippen molar-refractivity contribution >= 4 is 22.8 Å². The summed E-state index contributed by atoms with van der Waals surface area (Å²) >= 11 is 0. The molecule has 1 aliphatic heterocycles. The third-order valence-electron chi connectivity index (χ3n) is 5.65. The molecule has 0 atom stereocenters. The number of imidazole rings is 1. The first kappa shape index (κ1) is 19.1. The van der Waals surface area contributed by atoms with E-state index < -0.39 is 17.1 Å². The molecule has 4 aromatic rings. The number of rotatable bonds is 4. The molecule has 0 aliphatic carbocycles. The molecular formula is C22H20FN5O3. The maximum atomic E-state index is 14.2. The number of aromatic nitrogens is 4. The van der Waals surface area contributed by atoms with Gasteiger partial charge in [0, 0.05) is 37.5 Å². The standard InChI is InChI=1S/C22H20FN5O3/c1-25-19-18(20(29)28(22(25)30)13-14-6-3-4-9-17(14)23)27-11-10-26(21(27)24-19)15-7-5-8-16(12-15)31-2/h3-9,12H,10-11,13H2,1-2H3. The van der Waals surface area contributed by atoms with Gasteiger partial charge in [-0.2, -0.15) is 4.98 Å². The van der Waals surface area contributed by atoms with E-state index in [4.69, 9.17) is 4.74 Å². The predicted molar refractivity (Wildman–Crippen MR) is 115 cm³/mol. The zero-order valence-corrected chi connectivity index (χ0v) is 17.1. The van der Waals surface area contributed by atoms with Crippen LogP contribution in [0.5, 0.6) is 5.75 Å². The van der Waals surface area contributed by atoms with Gasteiger partial charge < -0.3 is 14.2 Å². The summed E-state index contributed by atoms with van der Waals surface area (Å²) in [5.41, 5.74) is 0.782. The minimum absolute atomic E-state index is 0.145. The molecule has 0 unspecified atom stereocenters. The Morgan fingerprint density at radius 2 is 1.90 bits per heavy atom. The van der Waals surface area contributed by atoms with Gasteiger partial charge in [0.1, 0.15) is 11.6 Å². The van der Waals surface area contributed by atoms with E-state index in [0.717, 1.165) is 10.3 Å². The number of aryl methyl sites for hydroxylation is 1. The molecule has 0 spiro atoms. The van der Waals surface area contributed by atoms with E-state index in [1.807, 2.05) is 33.7 Å². The first-order chi connectivity index (χ1) is 15.0. The average Bonchev–Trinajstić information content (AvgIpc) is 3.36. The van der Waals surface area contributed by atoms with Crippen molar-refractivity contribution in [3.63, 3.8) is 0 Å². The van der Waals surface area contributed by atoms with Crippen LogP contribution in [0.2, 0.25) is 0 Å². The molecule has 0 amide bonds. The summed E-state index contributed by atoms with van der Waals surface area (Å²) in [4.78, 5) is 32.8. The van der Waals surface area contributed by atoms with Crippen LogP contribution in [0.4, 0.5) is 16.0 Å². The smallest absolute Gasteiger partial charge is 0.332 e. The maximum absolute atomic E-state index is 14.2. The molecule has 0 fully saturated rings. The van der Waals surface area contributed by atoms with Crippen LogP contribution < -0.4 is 20.9 Å². The Balaban J connectivity index is 1.67. The Morgan fingerprint density at radius 3 is 2.68 bits per heavy atom. The van der Waals surface area contributed by atoms with E-state index in [0.29, 0.717) is 36.0 Å². The molecule has 0 saturated heterocycles. The van der Waals surface area contributed by atoms with Crippen LogP contribution in [-0.4, -0.2) is 32.3 Å². The van der Waals surface area contributed by atoms with E-state index in [9.17, 15) is 14.0 Å². The molecule has 5 rings (SSSR count). The Morgan fingerprint density at radius 1 is 1.10 bits per heavy atom. The van der Waals surface area contributed by atoms with E-state index >= 15 is 0 Å². The first-order valence-electron chi connectivity index (χ1n) is 9.84. The third kappa shape index (κ3) is 2.92. The summed E-state index contributed by atoms with van der Waals surface area (Å²) in [5.74, 6) is 0.838. The van der Waals surface area contributed by atoms with Crippen LogP contribution in [0, 0.1) is 5.82 Å². The van der Waals surface area contributed by atoms with Crippen molar-refractivity contribution in [2.24, 2.45) is 7.05 Å². The van der Waals surface area contributed by atoms with Gasteiger partial charge in [0.05, 0.1) is 13.7 Å². The normalized spacial score (nSPS) is 13.1. The van der Waals surface area contributed by atoms with Crippen LogP contribution in [0.1, 0.15) is 5.56 Å². The van der Waals surface area contributed by atoms with Crippen molar-refractivity contribution in [1.29, 1.82) is 0 Å². The highest BCUT2D eigenvalue weighted by Crippen LogP contribution is 2.33. The van der Waals surface area contributed by atoms with Crippen LogP contribution in [0.15, 0.2) is 58.1 Å².